The molecule has 0 spiro atoms. The molecule has 0 amide bonds. The van der Waals surface area contributed by atoms with Crippen LogP contribution in [0.25, 0.3) is 21.8 Å². The van der Waals surface area contributed by atoms with Gasteiger partial charge in [-0.25, -0.2) is 17.5 Å². The third-order valence-electron chi connectivity index (χ3n) is 5.27. The molecule has 0 fully saturated rings. The van der Waals surface area contributed by atoms with Gasteiger partial charge in [0.05, 0.1) is 4.90 Å². The highest BCUT2D eigenvalue weighted by Crippen LogP contribution is 2.29. The van der Waals surface area contributed by atoms with Crippen molar-refractivity contribution in [3.8, 4) is 0 Å². The fourth-order valence-corrected chi connectivity index (χ4v) is 4.76. The maximum Gasteiger partial charge on any atom is 0.240 e. The van der Waals surface area contributed by atoms with Crippen LogP contribution in [0.1, 0.15) is 11.6 Å². The second-order valence-corrected chi connectivity index (χ2v) is 9.18. The summed E-state index contributed by atoms with van der Waals surface area (Å²) in [6.45, 7) is 0.160. The zero-order valence-electron chi connectivity index (χ0n) is 16.5. The number of hydrogen-bond acceptors (Lipinski definition) is 3. The van der Waals surface area contributed by atoms with Gasteiger partial charge in [0, 0.05) is 48.4 Å². The Morgan fingerprint density at radius 3 is 2.72 bits per heavy atom. The van der Waals surface area contributed by atoms with E-state index in [2.05, 4.69) is 9.71 Å². The molecule has 8 heteroatoms. The number of likely N-dealkylation sites (N-methyl/N-ethyl adjacent to an activating group) is 1. The highest BCUT2D eigenvalue weighted by Gasteiger charge is 2.23. The molecule has 2 aromatic carbocycles. The van der Waals surface area contributed by atoms with E-state index in [4.69, 9.17) is 0 Å². The number of sulfonamides is 1. The van der Waals surface area contributed by atoms with Crippen LogP contribution in [0.5, 0.6) is 0 Å². The molecule has 4 aromatic rings. The second-order valence-electron chi connectivity index (χ2n) is 7.41. The largest absolute Gasteiger partial charge is 0.361 e. The molecule has 0 radical (unpaired) electrons. The molecule has 0 saturated carbocycles. The second kappa shape index (κ2) is 7.29. The number of rotatable bonds is 6. The summed E-state index contributed by atoms with van der Waals surface area (Å²) in [5, 5.41) is 1.73. The molecular formula is C21H23FN4O2S. The molecule has 2 aromatic heterocycles. The highest BCUT2D eigenvalue weighted by atomic mass is 32.2. The van der Waals surface area contributed by atoms with Gasteiger partial charge in [0.15, 0.2) is 0 Å². The standard InChI is InChI=1S/C21H23FN4O2S/c1-25(2)21(18-13-26(3)20-7-5-15(22)10-17(18)20)12-24-29(27,28)16-6-4-14-8-9-23-19(14)11-16/h4-11,13,21,23-24H,12H2,1-3H3. The van der Waals surface area contributed by atoms with Crippen molar-refractivity contribution in [2.45, 2.75) is 10.9 Å². The van der Waals surface area contributed by atoms with E-state index in [-0.39, 0.29) is 23.3 Å². The Kier molecular flexibility index (Phi) is 4.94. The minimum Gasteiger partial charge on any atom is -0.361 e. The van der Waals surface area contributed by atoms with Gasteiger partial charge in [0.2, 0.25) is 10.0 Å². The van der Waals surface area contributed by atoms with Gasteiger partial charge >= 0.3 is 0 Å². The molecule has 0 saturated heterocycles. The van der Waals surface area contributed by atoms with Gasteiger partial charge in [-0.3, -0.25) is 0 Å². The minimum atomic E-state index is -3.70. The molecule has 0 aliphatic carbocycles. The van der Waals surface area contributed by atoms with Crippen LogP contribution in [0, 0.1) is 5.82 Å². The van der Waals surface area contributed by atoms with Gasteiger partial charge in [-0.05, 0) is 61.4 Å². The van der Waals surface area contributed by atoms with Crippen molar-refractivity contribution in [3.05, 3.63) is 66.2 Å². The maximum absolute atomic E-state index is 13.9. The van der Waals surface area contributed by atoms with Crippen LogP contribution in [0.3, 0.4) is 0 Å². The van der Waals surface area contributed by atoms with Crippen molar-refractivity contribution in [3.63, 3.8) is 0 Å². The molecular weight excluding hydrogens is 391 g/mol. The molecule has 6 nitrogen and oxygen atoms in total. The van der Waals surface area contributed by atoms with Crippen molar-refractivity contribution in [2.24, 2.45) is 7.05 Å². The van der Waals surface area contributed by atoms with E-state index in [0.29, 0.717) is 0 Å². The lowest BCUT2D eigenvalue weighted by atomic mass is 10.1. The molecule has 0 aliphatic rings. The van der Waals surface area contributed by atoms with Gasteiger partial charge in [0.1, 0.15) is 5.82 Å². The summed E-state index contributed by atoms with van der Waals surface area (Å²) < 4.78 is 44.2. The lowest BCUT2D eigenvalue weighted by Gasteiger charge is -2.24. The number of halogens is 1. The summed E-state index contributed by atoms with van der Waals surface area (Å²) in [7, 11) is 1.95. The minimum absolute atomic E-state index is 0.160. The van der Waals surface area contributed by atoms with Crippen LogP contribution in [0.2, 0.25) is 0 Å². The van der Waals surface area contributed by atoms with Gasteiger partial charge < -0.3 is 14.5 Å². The normalized spacial score (nSPS) is 13.6. The van der Waals surface area contributed by atoms with E-state index in [1.165, 1.54) is 12.1 Å². The number of nitrogens with one attached hydrogen (secondary N) is 2. The van der Waals surface area contributed by atoms with Gasteiger partial charge in [-0.2, -0.15) is 0 Å². The van der Waals surface area contributed by atoms with E-state index in [1.807, 2.05) is 42.9 Å². The van der Waals surface area contributed by atoms with Crippen LogP contribution in [0.15, 0.2) is 59.8 Å². The number of hydrogen-bond donors (Lipinski definition) is 2. The number of benzene rings is 2. The Hall–Kier alpha value is -2.68. The summed E-state index contributed by atoms with van der Waals surface area (Å²) in [5.41, 5.74) is 2.53. The lowest BCUT2D eigenvalue weighted by molar-refractivity contribution is 0.301. The molecule has 1 unspecified atom stereocenters. The summed E-state index contributed by atoms with van der Waals surface area (Å²) in [4.78, 5) is 5.16. The van der Waals surface area contributed by atoms with Crippen LogP contribution in [0.4, 0.5) is 4.39 Å². The van der Waals surface area contributed by atoms with Gasteiger partial charge in [-0.15, -0.1) is 0 Å². The molecule has 0 aliphatic heterocycles. The number of aromatic amines is 1. The Balaban J connectivity index is 1.65. The van der Waals surface area contributed by atoms with Crippen LogP contribution in [-0.4, -0.2) is 43.5 Å². The molecule has 0 bridgehead atoms. The van der Waals surface area contributed by atoms with Crippen LogP contribution >= 0.6 is 0 Å². The monoisotopic (exact) mass is 414 g/mol. The molecule has 152 valence electrons. The molecule has 29 heavy (non-hydrogen) atoms. The van der Waals surface area contributed by atoms with Crippen molar-refractivity contribution in [1.82, 2.24) is 19.2 Å². The SMILES string of the molecule is CN(C)C(CNS(=O)(=O)c1ccc2cc[nH]c2c1)c1cn(C)c2ccc(F)cc12. The van der Waals surface area contributed by atoms with Crippen molar-refractivity contribution < 1.29 is 12.8 Å². The maximum atomic E-state index is 13.9. The van der Waals surface area contributed by atoms with E-state index >= 15 is 0 Å². The van der Waals surface area contributed by atoms with Crippen molar-refractivity contribution in [1.29, 1.82) is 0 Å². The van der Waals surface area contributed by atoms with Gasteiger partial charge in [-0.1, -0.05) is 6.07 Å². The van der Waals surface area contributed by atoms with Crippen molar-refractivity contribution in [2.75, 3.05) is 20.6 Å². The zero-order valence-corrected chi connectivity index (χ0v) is 17.3. The Morgan fingerprint density at radius 2 is 1.97 bits per heavy atom. The highest BCUT2D eigenvalue weighted by molar-refractivity contribution is 7.89. The molecule has 2 N–H and O–H groups in total. The first-order chi connectivity index (χ1) is 13.8. The van der Waals surface area contributed by atoms with E-state index in [1.54, 1.807) is 30.5 Å². The fraction of sp³-hybridized carbons (Fsp3) is 0.238. The Morgan fingerprint density at radius 1 is 1.17 bits per heavy atom. The molecule has 4 rings (SSSR count). The van der Waals surface area contributed by atoms with Gasteiger partial charge in [0.25, 0.3) is 0 Å². The average Bonchev–Trinajstić information content (AvgIpc) is 3.25. The smallest absolute Gasteiger partial charge is 0.240 e. The van der Waals surface area contributed by atoms with E-state index in [0.717, 1.165) is 27.4 Å². The third-order valence-corrected chi connectivity index (χ3v) is 6.69. The number of nitrogens with zero attached hydrogens (tertiary/aromatic N) is 2. The van der Waals surface area contributed by atoms with E-state index in [9.17, 15) is 12.8 Å². The third kappa shape index (κ3) is 3.66. The molecule has 1 atom stereocenters. The Labute approximate surface area is 169 Å². The predicted molar refractivity (Wildman–Crippen MR) is 113 cm³/mol. The topological polar surface area (TPSA) is 70.1 Å². The molecule has 2 heterocycles. The predicted octanol–water partition coefficient (Wildman–Crippen LogP) is 3.38. The number of aromatic nitrogens is 2. The lowest BCUT2D eigenvalue weighted by Crippen LogP contribution is -2.34. The average molecular weight is 415 g/mol. The van der Waals surface area contributed by atoms with Crippen LogP contribution < -0.4 is 4.72 Å². The van der Waals surface area contributed by atoms with Crippen molar-refractivity contribution >= 4 is 31.8 Å². The first kappa shape index (κ1) is 19.6. The number of fused-ring (bicyclic) bond motifs is 2. The zero-order chi connectivity index (χ0) is 20.8. The Bertz CT molecular complexity index is 1290. The summed E-state index contributed by atoms with van der Waals surface area (Å²) in [5.74, 6) is -0.317. The summed E-state index contributed by atoms with van der Waals surface area (Å²) in [6, 6.07) is 11.3. The van der Waals surface area contributed by atoms with E-state index < -0.39 is 10.0 Å². The fourth-order valence-electron chi connectivity index (χ4n) is 3.70. The summed E-state index contributed by atoms with van der Waals surface area (Å²) >= 11 is 0. The number of aryl methyl sites for hydroxylation is 1. The summed E-state index contributed by atoms with van der Waals surface area (Å²) in [6.07, 6.45) is 3.70. The number of H-pyrrole nitrogens is 1. The first-order valence-corrected chi connectivity index (χ1v) is 10.7. The quantitative estimate of drug-likeness (QED) is 0.508. The van der Waals surface area contributed by atoms with Crippen LogP contribution in [-0.2, 0) is 17.1 Å². The first-order valence-electron chi connectivity index (χ1n) is 9.24.